The number of hydrogen-bond acceptors (Lipinski definition) is 3. The number of likely N-dealkylation sites (N-methyl/N-ethyl adjacent to an activating group) is 1. The molecule has 0 saturated heterocycles. The quantitative estimate of drug-likeness (QED) is 0.430. The lowest BCUT2D eigenvalue weighted by atomic mass is 10.1. The van der Waals surface area contributed by atoms with E-state index in [2.05, 4.69) is 27.3 Å². The first-order valence-corrected chi connectivity index (χ1v) is 8.35. The number of ether oxygens (including phenoxy) is 2. The van der Waals surface area contributed by atoms with E-state index in [9.17, 15) is 0 Å². The van der Waals surface area contributed by atoms with E-state index < -0.39 is 0 Å². The first-order valence-electron chi connectivity index (χ1n) is 8.35. The van der Waals surface area contributed by atoms with Crippen LogP contribution in [0.15, 0.2) is 29.3 Å². The lowest BCUT2D eigenvalue weighted by Crippen LogP contribution is -2.41. The van der Waals surface area contributed by atoms with Gasteiger partial charge in [-0.2, -0.15) is 0 Å². The third-order valence-electron chi connectivity index (χ3n) is 4.03. The molecule has 23 heavy (non-hydrogen) atoms. The molecule has 0 aliphatic heterocycles. The van der Waals surface area contributed by atoms with E-state index in [0.29, 0.717) is 0 Å². The molecule has 0 aromatic heterocycles. The van der Waals surface area contributed by atoms with Crippen LogP contribution in [-0.4, -0.2) is 58.4 Å². The van der Waals surface area contributed by atoms with E-state index in [1.165, 1.54) is 18.4 Å². The van der Waals surface area contributed by atoms with Gasteiger partial charge in [0.25, 0.3) is 0 Å². The highest BCUT2D eigenvalue weighted by atomic mass is 16.5. The number of methoxy groups -OCH3 is 1. The zero-order valence-corrected chi connectivity index (χ0v) is 14.5. The smallest absolute Gasteiger partial charge is 0.193 e. The van der Waals surface area contributed by atoms with Gasteiger partial charge in [0, 0.05) is 33.8 Å². The fourth-order valence-corrected chi connectivity index (χ4v) is 2.37. The Morgan fingerprint density at radius 2 is 2.22 bits per heavy atom. The van der Waals surface area contributed by atoms with Crippen molar-refractivity contribution in [3.8, 4) is 5.75 Å². The van der Waals surface area contributed by atoms with Crippen molar-refractivity contribution < 1.29 is 9.47 Å². The van der Waals surface area contributed by atoms with Crippen molar-refractivity contribution in [2.75, 3.05) is 47.5 Å². The second-order valence-corrected chi connectivity index (χ2v) is 6.02. The maximum atomic E-state index is 5.68. The minimum atomic E-state index is 0.754. The van der Waals surface area contributed by atoms with Gasteiger partial charge in [-0.25, -0.2) is 0 Å². The summed E-state index contributed by atoms with van der Waals surface area (Å²) in [5, 5.41) is 3.40. The molecule has 0 radical (unpaired) electrons. The number of guanidine groups is 1. The standard InChI is InChI=1S/C18H29N3O2/c1-19-18(21(2)11-12-23-14-16-7-8-16)20-10-9-15-5-4-6-17(13-15)22-3/h4-6,13,16H,7-12,14H2,1-3H3,(H,19,20). The number of rotatable bonds is 9. The summed E-state index contributed by atoms with van der Waals surface area (Å²) in [6.07, 6.45) is 3.61. The zero-order chi connectivity index (χ0) is 16.5. The number of nitrogens with one attached hydrogen (secondary N) is 1. The molecule has 1 aromatic carbocycles. The Kier molecular flexibility index (Phi) is 7.20. The van der Waals surface area contributed by atoms with Crippen molar-refractivity contribution in [1.82, 2.24) is 10.2 Å². The van der Waals surface area contributed by atoms with Crippen LogP contribution in [-0.2, 0) is 11.2 Å². The van der Waals surface area contributed by atoms with Gasteiger partial charge in [0.2, 0.25) is 0 Å². The summed E-state index contributed by atoms with van der Waals surface area (Å²) in [5.41, 5.74) is 1.25. The highest BCUT2D eigenvalue weighted by Gasteiger charge is 2.21. The highest BCUT2D eigenvalue weighted by Crippen LogP contribution is 2.28. The van der Waals surface area contributed by atoms with E-state index in [4.69, 9.17) is 9.47 Å². The lowest BCUT2D eigenvalue weighted by Gasteiger charge is -2.22. The number of hydrogen-bond donors (Lipinski definition) is 1. The van der Waals surface area contributed by atoms with Crippen LogP contribution in [0, 0.1) is 5.92 Å². The van der Waals surface area contributed by atoms with E-state index in [1.807, 2.05) is 26.2 Å². The lowest BCUT2D eigenvalue weighted by molar-refractivity contribution is 0.115. The molecule has 1 aliphatic rings. The van der Waals surface area contributed by atoms with Crippen LogP contribution in [0.2, 0.25) is 0 Å². The van der Waals surface area contributed by atoms with Crippen LogP contribution < -0.4 is 10.1 Å². The summed E-state index contributed by atoms with van der Waals surface area (Å²) in [6.45, 7) is 3.36. The highest BCUT2D eigenvalue weighted by molar-refractivity contribution is 5.79. The summed E-state index contributed by atoms with van der Waals surface area (Å²) in [6, 6.07) is 8.17. The Labute approximate surface area is 139 Å². The molecule has 5 nitrogen and oxygen atoms in total. The molecule has 2 rings (SSSR count). The fraction of sp³-hybridized carbons (Fsp3) is 0.611. The van der Waals surface area contributed by atoms with Crippen molar-refractivity contribution in [2.45, 2.75) is 19.3 Å². The molecule has 0 atom stereocenters. The predicted molar refractivity (Wildman–Crippen MR) is 94.2 cm³/mol. The fourth-order valence-electron chi connectivity index (χ4n) is 2.37. The van der Waals surface area contributed by atoms with Crippen molar-refractivity contribution in [3.63, 3.8) is 0 Å². The molecular weight excluding hydrogens is 290 g/mol. The molecule has 1 aromatic rings. The van der Waals surface area contributed by atoms with Gasteiger partial charge in [-0.15, -0.1) is 0 Å². The maximum absolute atomic E-state index is 5.68. The van der Waals surface area contributed by atoms with Crippen LogP contribution in [0.25, 0.3) is 0 Å². The molecule has 0 heterocycles. The molecule has 5 heteroatoms. The van der Waals surface area contributed by atoms with Crippen LogP contribution in [0.3, 0.4) is 0 Å². The van der Waals surface area contributed by atoms with Gasteiger partial charge in [0.15, 0.2) is 5.96 Å². The molecule has 1 fully saturated rings. The first-order chi connectivity index (χ1) is 11.2. The first kappa shape index (κ1) is 17.6. The number of nitrogens with zero attached hydrogens (tertiary/aromatic N) is 2. The third-order valence-corrected chi connectivity index (χ3v) is 4.03. The number of aliphatic imine (C=N–C) groups is 1. The van der Waals surface area contributed by atoms with Gasteiger partial charge < -0.3 is 19.7 Å². The summed E-state index contributed by atoms with van der Waals surface area (Å²) in [7, 11) is 5.55. The topological polar surface area (TPSA) is 46.1 Å². The van der Waals surface area contributed by atoms with E-state index in [1.54, 1.807) is 7.11 Å². The summed E-state index contributed by atoms with van der Waals surface area (Å²) in [4.78, 5) is 6.44. The molecule has 0 amide bonds. The average Bonchev–Trinajstić information content (AvgIpc) is 3.40. The van der Waals surface area contributed by atoms with Crippen molar-refractivity contribution in [1.29, 1.82) is 0 Å². The maximum Gasteiger partial charge on any atom is 0.193 e. The second-order valence-electron chi connectivity index (χ2n) is 6.02. The third kappa shape index (κ3) is 6.48. The molecular formula is C18H29N3O2. The normalized spacial score (nSPS) is 14.7. The minimum Gasteiger partial charge on any atom is -0.497 e. The van der Waals surface area contributed by atoms with Crippen molar-refractivity contribution >= 4 is 5.96 Å². The van der Waals surface area contributed by atoms with Gasteiger partial charge in [0.1, 0.15) is 5.75 Å². The summed E-state index contributed by atoms with van der Waals surface area (Å²) in [5.74, 6) is 2.63. The Balaban J connectivity index is 1.66. The predicted octanol–water partition coefficient (Wildman–Crippen LogP) is 2.17. The Bertz CT molecular complexity index is 501. The molecule has 1 N–H and O–H groups in total. The number of benzene rings is 1. The average molecular weight is 319 g/mol. The van der Waals surface area contributed by atoms with Crippen LogP contribution >= 0.6 is 0 Å². The van der Waals surface area contributed by atoms with E-state index >= 15 is 0 Å². The van der Waals surface area contributed by atoms with Crippen LogP contribution in [0.4, 0.5) is 0 Å². The Morgan fingerprint density at radius 3 is 2.91 bits per heavy atom. The van der Waals surface area contributed by atoms with Crippen molar-refractivity contribution in [3.05, 3.63) is 29.8 Å². The molecule has 128 valence electrons. The van der Waals surface area contributed by atoms with Gasteiger partial charge in [-0.3, -0.25) is 4.99 Å². The molecule has 0 unspecified atom stereocenters. The SMILES string of the molecule is CN=C(NCCc1cccc(OC)c1)N(C)CCOCC1CC1. The Morgan fingerprint density at radius 1 is 1.39 bits per heavy atom. The van der Waals surface area contributed by atoms with E-state index in [0.717, 1.165) is 50.4 Å². The monoisotopic (exact) mass is 319 g/mol. The van der Waals surface area contributed by atoms with Gasteiger partial charge in [-0.05, 0) is 42.9 Å². The largest absolute Gasteiger partial charge is 0.497 e. The molecule has 0 spiro atoms. The molecule has 1 saturated carbocycles. The zero-order valence-electron chi connectivity index (χ0n) is 14.5. The van der Waals surface area contributed by atoms with Gasteiger partial charge >= 0.3 is 0 Å². The summed E-state index contributed by atoms with van der Waals surface area (Å²) >= 11 is 0. The van der Waals surface area contributed by atoms with Crippen LogP contribution in [0.5, 0.6) is 5.75 Å². The van der Waals surface area contributed by atoms with E-state index in [-0.39, 0.29) is 0 Å². The van der Waals surface area contributed by atoms with Gasteiger partial charge in [0.05, 0.1) is 13.7 Å². The Hall–Kier alpha value is -1.75. The van der Waals surface area contributed by atoms with Crippen molar-refractivity contribution in [2.24, 2.45) is 10.9 Å². The van der Waals surface area contributed by atoms with Crippen LogP contribution in [0.1, 0.15) is 18.4 Å². The second kappa shape index (κ2) is 9.40. The minimum absolute atomic E-state index is 0.754. The summed E-state index contributed by atoms with van der Waals surface area (Å²) < 4.78 is 10.9. The molecule has 0 bridgehead atoms. The molecule has 1 aliphatic carbocycles. The van der Waals surface area contributed by atoms with Gasteiger partial charge in [-0.1, -0.05) is 12.1 Å².